The number of ether oxygens (including phenoxy) is 1. The molecule has 0 bridgehead atoms. The molecular weight excluding hydrogens is 306 g/mol. The van der Waals surface area contributed by atoms with E-state index in [9.17, 15) is 0 Å². The van der Waals surface area contributed by atoms with Gasteiger partial charge in [0.25, 0.3) is 0 Å². The molecule has 1 N–H and O–H groups in total. The van der Waals surface area contributed by atoms with Gasteiger partial charge in [0.15, 0.2) is 0 Å². The second-order valence-corrected chi connectivity index (χ2v) is 5.51. The van der Waals surface area contributed by atoms with Crippen LogP contribution in [0, 0.1) is 0 Å². The molecule has 100 valence electrons. The van der Waals surface area contributed by atoms with E-state index in [2.05, 4.69) is 36.9 Å². The van der Waals surface area contributed by atoms with E-state index in [0.29, 0.717) is 6.04 Å². The number of methoxy groups -OCH3 is 1. The predicted molar refractivity (Wildman–Crippen MR) is 77.8 cm³/mol. The second-order valence-electron chi connectivity index (χ2n) is 4.66. The van der Waals surface area contributed by atoms with Crippen molar-refractivity contribution in [2.75, 3.05) is 13.7 Å². The third kappa shape index (κ3) is 2.40. The van der Waals surface area contributed by atoms with Crippen molar-refractivity contribution in [3.63, 3.8) is 0 Å². The summed E-state index contributed by atoms with van der Waals surface area (Å²) >= 11 is 3.48. The van der Waals surface area contributed by atoms with E-state index in [0.717, 1.165) is 22.5 Å². The van der Waals surface area contributed by atoms with E-state index < -0.39 is 0 Å². The lowest BCUT2D eigenvalue weighted by molar-refractivity contribution is 0.412. The molecule has 3 rings (SSSR count). The van der Waals surface area contributed by atoms with Gasteiger partial charge in [0.05, 0.1) is 35.5 Å². The number of hydrogen-bond donors (Lipinski definition) is 1. The number of nitrogens with zero attached hydrogens (tertiary/aromatic N) is 2. The molecule has 0 saturated carbocycles. The molecule has 1 saturated heterocycles. The highest BCUT2D eigenvalue weighted by molar-refractivity contribution is 9.10. The standard InChI is InChI=1S/C14H16BrN3O/c1-19-14-7-10(4-5-11(14)15)18-9-16-8-13(18)12-3-2-6-17-12/h4-5,7-9,12,17H,2-3,6H2,1H3/t12-/m0/s1. The van der Waals surface area contributed by atoms with Crippen LogP contribution >= 0.6 is 15.9 Å². The monoisotopic (exact) mass is 321 g/mol. The summed E-state index contributed by atoms with van der Waals surface area (Å²) in [4.78, 5) is 4.29. The van der Waals surface area contributed by atoms with Crippen molar-refractivity contribution >= 4 is 15.9 Å². The first-order valence-electron chi connectivity index (χ1n) is 6.39. The normalized spacial score (nSPS) is 18.7. The van der Waals surface area contributed by atoms with Crippen LogP contribution in [-0.2, 0) is 0 Å². The smallest absolute Gasteiger partial charge is 0.135 e. The summed E-state index contributed by atoms with van der Waals surface area (Å²) in [6.45, 7) is 1.08. The van der Waals surface area contributed by atoms with Gasteiger partial charge >= 0.3 is 0 Å². The molecule has 2 aromatic rings. The maximum Gasteiger partial charge on any atom is 0.135 e. The molecule has 4 nitrogen and oxygen atoms in total. The van der Waals surface area contributed by atoms with Crippen LogP contribution in [0.4, 0.5) is 0 Å². The molecular formula is C14H16BrN3O. The van der Waals surface area contributed by atoms with Gasteiger partial charge in [0, 0.05) is 12.1 Å². The molecule has 1 atom stereocenters. The molecule has 0 unspecified atom stereocenters. The van der Waals surface area contributed by atoms with Gasteiger partial charge in [-0.1, -0.05) is 0 Å². The molecule has 1 aromatic heterocycles. The fraction of sp³-hybridized carbons (Fsp3) is 0.357. The summed E-state index contributed by atoms with van der Waals surface area (Å²) < 4.78 is 8.43. The average Bonchev–Trinajstić information content (AvgIpc) is 3.09. The minimum atomic E-state index is 0.400. The zero-order valence-electron chi connectivity index (χ0n) is 10.8. The lowest BCUT2D eigenvalue weighted by Gasteiger charge is -2.15. The van der Waals surface area contributed by atoms with E-state index >= 15 is 0 Å². The van der Waals surface area contributed by atoms with E-state index in [4.69, 9.17) is 4.74 Å². The predicted octanol–water partition coefficient (Wildman–Crippen LogP) is 3.07. The van der Waals surface area contributed by atoms with Crippen LogP contribution in [0.1, 0.15) is 24.6 Å². The Kier molecular flexibility index (Phi) is 3.57. The Morgan fingerprint density at radius 1 is 1.47 bits per heavy atom. The maximum absolute atomic E-state index is 5.35. The van der Waals surface area contributed by atoms with Gasteiger partial charge in [-0.05, 0) is 47.4 Å². The Labute approximate surface area is 120 Å². The minimum absolute atomic E-state index is 0.400. The highest BCUT2D eigenvalue weighted by Gasteiger charge is 2.20. The SMILES string of the molecule is COc1cc(-n2cncc2[C@@H]2CCCN2)ccc1Br. The topological polar surface area (TPSA) is 39.1 Å². The first-order valence-corrected chi connectivity index (χ1v) is 7.18. The zero-order valence-corrected chi connectivity index (χ0v) is 12.4. The first-order chi connectivity index (χ1) is 9.29. The van der Waals surface area contributed by atoms with Crippen LogP contribution in [0.15, 0.2) is 35.2 Å². The van der Waals surface area contributed by atoms with Crippen LogP contribution in [-0.4, -0.2) is 23.2 Å². The molecule has 1 aliphatic rings. The number of benzene rings is 1. The van der Waals surface area contributed by atoms with Crippen LogP contribution in [0.3, 0.4) is 0 Å². The number of aromatic nitrogens is 2. The Morgan fingerprint density at radius 2 is 2.37 bits per heavy atom. The molecule has 1 aliphatic heterocycles. The van der Waals surface area contributed by atoms with E-state index in [1.807, 2.05) is 24.7 Å². The van der Waals surface area contributed by atoms with Crippen molar-refractivity contribution in [3.05, 3.63) is 40.9 Å². The molecule has 2 heterocycles. The van der Waals surface area contributed by atoms with E-state index in [1.54, 1.807) is 7.11 Å². The number of imidazole rings is 1. The fourth-order valence-electron chi connectivity index (χ4n) is 2.51. The largest absolute Gasteiger partial charge is 0.495 e. The number of rotatable bonds is 3. The summed E-state index contributed by atoms with van der Waals surface area (Å²) in [5.74, 6) is 0.830. The zero-order chi connectivity index (χ0) is 13.2. The number of hydrogen-bond acceptors (Lipinski definition) is 3. The van der Waals surface area contributed by atoms with Crippen molar-refractivity contribution in [2.45, 2.75) is 18.9 Å². The summed E-state index contributed by atoms with van der Waals surface area (Å²) in [6, 6.07) is 6.48. The minimum Gasteiger partial charge on any atom is -0.495 e. The summed E-state index contributed by atoms with van der Waals surface area (Å²) in [5.41, 5.74) is 2.28. The summed E-state index contributed by atoms with van der Waals surface area (Å²) in [5, 5.41) is 3.51. The average molecular weight is 322 g/mol. The van der Waals surface area contributed by atoms with Crippen molar-refractivity contribution < 1.29 is 4.74 Å². The van der Waals surface area contributed by atoms with Crippen molar-refractivity contribution in [2.24, 2.45) is 0 Å². The summed E-state index contributed by atoms with van der Waals surface area (Å²) in [7, 11) is 1.68. The molecule has 1 aromatic carbocycles. The highest BCUT2D eigenvalue weighted by atomic mass is 79.9. The van der Waals surface area contributed by atoms with Gasteiger partial charge in [0.1, 0.15) is 5.75 Å². The van der Waals surface area contributed by atoms with Gasteiger partial charge in [-0.3, -0.25) is 0 Å². The lowest BCUT2D eigenvalue weighted by Crippen LogP contribution is -2.16. The molecule has 0 spiro atoms. The van der Waals surface area contributed by atoms with Crippen LogP contribution in [0.5, 0.6) is 5.75 Å². The van der Waals surface area contributed by atoms with E-state index in [-0.39, 0.29) is 0 Å². The van der Waals surface area contributed by atoms with E-state index in [1.165, 1.54) is 18.5 Å². The quantitative estimate of drug-likeness (QED) is 0.944. The molecule has 19 heavy (non-hydrogen) atoms. The van der Waals surface area contributed by atoms with Crippen molar-refractivity contribution in [1.82, 2.24) is 14.9 Å². The maximum atomic E-state index is 5.35. The van der Waals surface area contributed by atoms with Gasteiger partial charge in [-0.15, -0.1) is 0 Å². The Morgan fingerprint density at radius 3 is 3.11 bits per heavy atom. The van der Waals surface area contributed by atoms with Crippen LogP contribution in [0.2, 0.25) is 0 Å². The molecule has 0 radical (unpaired) electrons. The highest BCUT2D eigenvalue weighted by Crippen LogP contribution is 2.30. The first kappa shape index (κ1) is 12.7. The number of halogens is 1. The fourth-order valence-corrected chi connectivity index (χ4v) is 2.92. The van der Waals surface area contributed by atoms with Gasteiger partial charge in [-0.25, -0.2) is 4.98 Å². The van der Waals surface area contributed by atoms with Crippen LogP contribution in [0.25, 0.3) is 5.69 Å². The third-order valence-electron chi connectivity index (χ3n) is 3.50. The molecule has 0 amide bonds. The Balaban J connectivity index is 2.00. The number of nitrogens with one attached hydrogen (secondary N) is 1. The van der Waals surface area contributed by atoms with Gasteiger partial charge in [0.2, 0.25) is 0 Å². The Bertz CT molecular complexity index is 576. The van der Waals surface area contributed by atoms with Gasteiger partial charge in [-0.2, -0.15) is 0 Å². The molecule has 5 heteroatoms. The summed E-state index contributed by atoms with van der Waals surface area (Å²) in [6.07, 6.45) is 6.19. The molecule has 1 fully saturated rings. The third-order valence-corrected chi connectivity index (χ3v) is 4.15. The lowest BCUT2D eigenvalue weighted by atomic mass is 10.1. The second kappa shape index (κ2) is 5.35. The van der Waals surface area contributed by atoms with Crippen LogP contribution < -0.4 is 10.1 Å². The Hall–Kier alpha value is -1.33. The van der Waals surface area contributed by atoms with Crippen molar-refractivity contribution in [1.29, 1.82) is 0 Å². The molecule has 0 aliphatic carbocycles. The van der Waals surface area contributed by atoms with Gasteiger partial charge < -0.3 is 14.6 Å². The van der Waals surface area contributed by atoms with Crippen molar-refractivity contribution in [3.8, 4) is 11.4 Å².